The lowest BCUT2D eigenvalue weighted by molar-refractivity contribution is 0.139. The smallest absolute Gasteiger partial charge is 0.0960 e. The Bertz CT molecular complexity index is 553. The van der Waals surface area contributed by atoms with Gasteiger partial charge < -0.3 is 4.57 Å². The highest BCUT2D eigenvalue weighted by Crippen LogP contribution is 2.44. The zero-order valence-corrected chi connectivity index (χ0v) is 11.6. The average molecular weight is 242 g/mol. The van der Waals surface area contributed by atoms with Gasteiger partial charge in [0.2, 0.25) is 0 Å². The van der Waals surface area contributed by atoms with Gasteiger partial charge in [0.1, 0.15) is 0 Å². The maximum atomic E-state index is 4.53. The Hall–Kier alpha value is -1.31. The van der Waals surface area contributed by atoms with E-state index >= 15 is 0 Å². The normalized spacial score (nSPS) is 27.5. The van der Waals surface area contributed by atoms with E-state index in [4.69, 9.17) is 0 Å². The van der Waals surface area contributed by atoms with Gasteiger partial charge in [-0.15, -0.1) is 0 Å². The van der Waals surface area contributed by atoms with Gasteiger partial charge >= 0.3 is 0 Å². The van der Waals surface area contributed by atoms with E-state index in [1.807, 2.05) is 6.33 Å². The van der Waals surface area contributed by atoms with Crippen LogP contribution in [0.5, 0.6) is 0 Å². The lowest BCUT2D eigenvalue weighted by atomic mass is 9.70. The van der Waals surface area contributed by atoms with Crippen molar-refractivity contribution in [2.45, 2.75) is 46.1 Å². The van der Waals surface area contributed by atoms with Crippen LogP contribution >= 0.6 is 0 Å². The van der Waals surface area contributed by atoms with Crippen LogP contribution in [0, 0.1) is 11.3 Å². The Morgan fingerprint density at radius 2 is 2.00 bits per heavy atom. The second-order valence-corrected chi connectivity index (χ2v) is 6.71. The van der Waals surface area contributed by atoms with Crippen molar-refractivity contribution in [3.63, 3.8) is 0 Å². The molecule has 2 heteroatoms. The van der Waals surface area contributed by atoms with E-state index < -0.39 is 0 Å². The first kappa shape index (κ1) is 11.8. The quantitative estimate of drug-likeness (QED) is 0.723. The van der Waals surface area contributed by atoms with Crippen LogP contribution in [0.15, 0.2) is 30.6 Å². The molecule has 1 aromatic heterocycles. The second kappa shape index (κ2) is 4.11. The topological polar surface area (TPSA) is 17.8 Å². The highest BCUT2D eigenvalue weighted by molar-refractivity contribution is 5.75. The molecule has 0 amide bonds. The van der Waals surface area contributed by atoms with Gasteiger partial charge in [-0.2, -0.15) is 0 Å². The summed E-state index contributed by atoms with van der Waals surface area (Å²) in [5.41, 5.74) is 2.86. The SMILES string of the molecule is CC1CC(n2cnc3ccccc32)CC(C)(C)C1. The summed E-state index contributed by atoms with van der Waals surface area (Å²) in [6.45, 7) is 7.18. The molecule has 1 heterocycles. The van der Waals surface area contributed by atoms with Crippen LogP contribution < -0.4 is 0 Å². The van der Waals surface area contributed by atoms with Gasteiger partial charge in [-0.1, -0.05) is 32.9 Å². The van der Waals surface area contributed by atoms with E-state index in [1.165, 1.54) is 24.8 Å². The predicted molar refractivity (Wildman–Crippen MR) is 75.6 cm³/mol. The van der Waals surface area contributed by atoms with Crippen molar-refractivity contribution in [2.75, 3.05) is 0 Å². The molecule has 0 N–H and O–H groups in total. The summed E-state index contributed by atoms with van der Waals surface area (Å²) in [6.07, 6.45) is 5.92. The number of hydrogen-bond donors (Lipinski definition) is 0. The monoisotopic (exact) mass is 242 g/mol. The van der Waals surface area contributed by atoms with Gasteiger partial charge in [-0.05, 0) is 42.7 Å². The minimum atomic E-state index is 0.452. The number of aromatic nitrogens is 2. The molecule has 0 saturated heterocycles. The number of hydrogen-bond acceptors (Lipinski definition) is 1. The van der Waals surface area contributed by atoms with E-state index in [9.17, 15) is 0 Å². The first-order valence-electron chi connectivity index (χ1n) is 6.97. The van der Waals surface area contributed by atoms with Crippen molar-refractivity contribution in [3.8, 4) is 0 Å². The Kier molecular flexibility index (Phi) is 2.69. The highest BCUT2D eigenvalue weighted by atomic mass is 15.1. The van der Waals surface area contributed by atoms with Gasteiger partial charge in [0, 0.05) is 6.04 Å². The van der Waals surface area contributed by atoms with Gasteiger partial charge in [-0.25, -0.2) is 4.98 Å². The first-order valence-corrected chi connectivity index (χ1v) is 6.97. The third-order valence-electron chi connectivity index (χ3n) is 4.24. The van der Waals surface area contributed by atoms with E-state index in [0.29, 0.717) is 11.5 Å². The van der Waals surface area contributed by atoms with Gasteiger partial charge in [0.15, 0.2) is 0 Å². The molecule has 3 rings (SSSR count). The zero-order chi connectivity index (χ0) is 12.8. The fraction of sp³-hybridized carbons (Fsp3) is 0.562. The molecule has 0 radical (unpaired) electrons. The molecule has 0 aliphatic heterocycles. The number of nitrogens with zero attached hydrogens (tertiary/aromatic N) is 2. The van der Waals surface area contributed by atoms with E-state index in [2.05, 4.69) is 54.6 Å². The first-order chi connectivity index (χ1) is 8.55. The number of benzene rings is 1. The van der Waals surface area contributed by atoms with E-state index in [0.717, 1.165) is 11.4 Å². The molecule has 1 aliphatic rings. The lowest BCUT2D eigenvalue weighted by Gasteiger charge is -2.39. The molecule has 1 aliphatic carbocycles. The third kappa shape index (κ3) is 2.05. The lowest BCUT2D eigenvalue weighted by Crippen LogP contribution is -2.29. The van der Waals surface area contributed by atoms with Crippen molar-refractivity contribution in [1.29, 1.82) is 0 Å². The molecular weight excluding hydrogens is 220 g/mol. The van der Waals surface area contributed by atoms with Crippen molar-refractivity contribution in [1.82, 2.24) is 9.55 Å². The predicted octanol–water partition coefficient (Wildman–Crippen LogP) is 4.42. The Balaban J connectivity index is 1.99. The largest absolute Gasteiger partial charge is 0.327 e. The zero-order valence-electron chi connectivity index (χ0n) is 11.6. The molecule has 1 aromatic carbocycles. The maximum Gasteiger partial charge on any atom is 0.0960 e. The maximum absolute atomic E-state index is 4.53. The van der Waals surface area contributed by atoms with Gasteiger partial charge in [-0.3, -0.25) is 0 Å². The summed E-state index contributed by atoms with van der Waals surface area (Å²) in [7, 11) is 0. The summed E-state index contributed by atoms with van der Waals surface area (Å²) >= 11 is 0. The van der Waals surface area contributed by atoms with Crippen LogP contribution in [-0.2, 0) is 0 Å². The molecule has 2 nitrogen and oxygen atoms in total. The number of para-hydroxylation sites is 2. The number of imidazole rings is 1. The van der Waals surface area contributed by atoms with E-state index in [-0.39, 0.29) is 0 Å². The third-order valence-corrected chi connectivity index (χ3v) is 4.24. The van der Waals surface area contributed by atoms with Crippen molar-refractivity contribution < 1.29 is 0 Å². The molecule has 0 bridgehead atoms. The number of rotatable bonds is 1. The summed E-state index contributed by atoms with van der Waals surface area (Å²) in [4.78, 5) is 4.53. The van der Waals surface area contributed by atoms with Crippen LogP contribution in [0.25, 0.3) is 11.0 Å². The summed E-state index contributed by atoms with van der Waals surface area (Å²) in [5, 5.41) is 0. The summed E-state index contributed by atoms with van der Waals surface area (Å²) in [6, 6.07) is 9.07. The molecule has 1 saturated carbocycles. The molecule has 0 spiro atoms. The fourth-order valence-electron chi connectivity index (χ4n) is 3.78. The molecule has 2 unspecified atom stereocenters. The van der Waals surface area contributed by atoms with Crippen LogP contribution in [0.2, 0.25) is 0 Å². The Morgan fingerprint density at radius 3 is 2.78 bits per heavy atom. The highest BCUT2D eigenvalue weighted by Gasteiger charge is 2.33. The molecule has 2 aromatic rings. The molecule has 2 atom stereocenters. The van der Waals surface area contributed by atoms with Crippen LogP contribution in [0.3, 0.4) is 0 Å². The number of fused-ring (bicyclic) bond motifs is 1. The van der Waals surface area contributed by atoms with Crippen LogP contribution in [-0.4, -0.2) is 9.55 Å². The fourth-order valence-corrected chi connectivity index (χ4v) is 3.78. The molecule has 1 fully saturated rings. The minimum Gasteiger partial charge on any atom is -0.327 e. The minimum absolute atomic E-state index is 0.452. The van der Waals surface area contributed by atoms with E-state index in [1.54, 1.807) is 0 Å². The summed E-state index contributed by atoms with van der Waals surface area (Å²) < 4.78 is 2.40. The summed E-state index contributed by atoms with van der Waals surface area (Å²) in [5.74, 6) is 0.805. The van der Waals surface area contributed by atoms with Crippen molar-refractivity contribution >= 4 is 11.0 Å². The standard InChI is InChI=1S/C16H22N2/c1-12-8-13(10-16(2,3)9-12)18-11-17-14-6-4-5-7-15(14)18/h4-7,11-13H,8-10H2,1-3H3. The molecule has 96 valence electrons. The molecular formula is C16H22N2. The Morgan fingerprint density at radius 1 is 1.22 bits per heavy atom. The van der Waals surface area contributed by atoms with Gasteiger partial charge in [0.05, 0.1) is 17.4 Å². The van der Waals surface area contributed by atoms with Crippen LogP contribution in [0.1, 0.15) is 46.1 Å². The van der Waals surface area contributed by atoms with Gasteiger partial charge in [0.25, 0.3) is 0 Å². The van der Waals surface area contributed by atoms with Crippen molar-refractivity contribution in [3.05, 3.63) is 30.6 Å². The molecule has 18 heavy (non-hydrogen) atoms. The van der Waals surface area contributed by atoms with Crippen LogP contribution in [0.4, 0.5) is 0 Å². The Labute approximate surface area is 109 Å². The average Bonchev–Trinajstić information content (AvgIpc) is 2.69. The van der Waals surface area contributed by atoms with Crippen molar-refractivity contribution in [2.24, 2.45) is 11.3 Å². The second-order valence-electron chi connectivity index (χ2n) is 6.71.